The average Bonchev–Trinajstić information content (AvgIpc) is 3.04. The predicted molar refractivity (Wildman–Crippen MR) is 104 cm³/mol. The average molecular weight is 386 g/mol. The molecule has 28 heavy (non-hydrogen) atoms. The molecule has 0 bridgehead atoms. The Labute approximate surface area is 161 Å². The Kier molecular flexibility index (Phi) is 5.88. The molecular formula is C20H22N2O6. The van der Waals surface area contributed by atoms with E-state index in [0.717, 1.165) is 11.0 Å². The van der Waals surface area contributed by atoms with Crippen molar-refractivity contribution in [3.63, 3.8) is 0 Å². The number of benzene rings is 2. The zero-order valence-electron chi connectivity index (χ0n) is 16.0. The molecular weight excluding hydrogens is 364 g/mol. The van der Waals surface area contributed by atoms with E-state index in [4.69, 9.17) is 18.9 Å². The lowest BCUT2D eigenvalue weighted by Gasteiger charge is -2.13. The fourth-order valence-corrected chi connectivity index (χ4v) is 2.98. The summed E-state index contributed by atoms with van der Waals surface area (Å²) in [6.45, 7) is 0.585. The molecule has 8 nitrogen and oxygen atoms in total. The maximum Gasteiger partial charge on any atom is 0.342 e. The highest BCUT2D eigenvalue weighted by molar-refractivity contribution is 5.93. The number of nitrogens with zero attached hydrogens (tertiary/aromatic N) is 1. The normalized spacial score (nSPS) is 10.7. The van der Waals surface area contributed by atoms with Gasteiger partial charge in [-0.05, 0) is 18.6 Å². The quantitative estimate of drug-likeness (QED) is 0.473. The maximum atomic E-state index is 12.5. The van der Waals surface area contributed by atoms with Gasteiger partial charge in [0.15, 0.2) is 11.5 Å². The molecule has 0 saturated heterocycles. The molecule has 0 aliphatic heterocycles. The number of nitrogens with one attached hydrogen (secondary N) is 1. The number of ether oxygens (including phenoxy) is 4. The topological polar surface area (TPSA) is 91.8 Å². The van der Waals surface area contributed by atoms with E-state index in [1.54, 1.807) is 10.6 Å². The van der Waals surface area contributed by atoms with E-state index < -0.39 is 5.97 Å². The molecule has 8 heteroatoms. The monoisotopic (exact) mass is 386 g/mol. The summed E-state index contributed by atoms with van der Waals surface area (Å²) in [5, 5.41) is 0. The third kappa shape index (κ3) is 3.80. The number of imidazole rings is 1. The van der Waals surface area contributed by atoms with Crippen molar-refractivity contribution < 1.29 is 23.7 Å². The molecule has 0 saturated carbocycles. The molecule has 148 valence electrons. The van der Waals surface area contributed by atoms with Gasteiger partial charge in [-0.1, -0.05) is 12.1 Å². The number of hydrogen-bond acceptors (Lipinski definition) is 6. The summed E-state index contributed by atoms with van der Waals surface area (Å²) in [7, 11) is 4.45. The van der Waals surface area contributed by atoms with E-state index in [1.807, 2.05) is 24.3 Å². The lowest BCUT2D eigenvalue weighted by atomic mass is 10.1. The van der Waals surface area contributed by atoms with Crippen molar-refractivity contribution in [2.45, 2.75) is 13.0 Å². The first kappa shape index (κ1) is 19.3. The third-order valence-electron chi connectivity index (χ3n) is 4.37. The smallest absolute Gasteiger partial charge is 0.342 e. The molecule has 3 aromatic rings. The van der Waals surface area contributed by atoms with E-state index in [1.165, 1.54) is 27.4 Å². The molecule has 3 rings (SSSR count). The standard InChI is InChI=1S/C20H22N2O6/c1-25-16-12-18(27-3)17(26-2)11-13(16)19(23)28-10-6-9-22-15-8-5-4-7-14(15)21-20(22)24/h4-5,7-8,11-12H,6,9-10H2,1-3H3,(H,21,24). The van der Waals surface area contributed by atoms with Gasteiger partial charge in [0.05, 0.1) is 39.0 Å². The van der Waals surface area contributed by atoms with Crippen LogP contribution < -0.4 is 19.9 Å². The van der Waals surface area contributed by atoms with Crippen LogP contribution in [0.25, 0.3) is 11.0 Å². The van der Waals surface area contributed by atoms with E-state index in [0.29, 0.717) is 30.2 Å². The van der Waals surface area contributed by atoms with Crippen molar-refractivity contribution in [2.24, 2.45) is 0 Å². The van der Waals surface area contributed by atoms with Crippen LogP contribution in [-0.4, -0.2) is 43.5 Å². The van der Waals surface area contributed by atoms with Gasteiger partial charge in [-0.2, -0.15) is 0 Å². The van der Waals surface area contributed by atoms with Gasteiger partial charge < -0.3 is 23.9 Å². The maximum absolute atomic E-state index is 12.5. The number of carbonyl (C=O) groups excluding carboxylic acids is 1. The van der Waals surface area contributed by atoms with E-state index >= 15 is 0 Å². The molecule has 0 radical (unpaired) electrons. The van der Waals surface area contributed by atoms with Crippen LogP contribution in [0, 0.1) is 0 Å². The number of hydrogen-bond donors (Lipinski definition) is 1. The highest BCUT2D eigenvalue weighted by Gasteiger charge is 2.19. The van der Waals surface area contributed by atoms with Gasteiger partial charge in [-0.15, -0.1) is 0 Å². The largest absolute Gasteiger partial charge is 0.496 e. The van der Waals surface area contributed by atoms with Gasteiger partial charge in [-0.3, -0.25) is 4.57 Å². The van der Waals surface area contributed by atoms with Gasteiger partial charge in [0.25, 0.3) is 0 Å². The van der Waals surface area contributed by atoms with Crippen LogP contribution in [0.3, 0.4) is 0 Å². The second kappa shape index (κ2) is 8.51. The van der Waals surface area contributed by atoms with Crippen LogP contribution in [0.2, 0.25) is 0 Å². The minimum Gasteiger partial charge on any atom is -0.496 e. The molecule has 1 heterocycles. The van der Waals surface area contributed by atoms with Crippen LogP contribution in [0.15, 0.2) is 41.2 Å². The van der Waals surface area contributed by atoms with E-state index in [-0.39, 0.29) is 17.9 Å². The Hall–Kier alpha value is -3.42. The number of para-hydroxylation sites is 2. The minimum absolute atomic E-state index is 0.155. The van der Waals surface area contributed by atoms with Gasteiger partial charge in [0.1, 0.15) is 11.3 Å². The summed E-state index contributed by atoms with van der Waals surface area (Å²) in [5.74, 6) is 0.648. The number of carbonyl (C=O) groups is 1. The zero-order chi connectivity index (χ0) is 20.1. The number of esters is 1. The van der Waals surface area contributed by atoms with Crippen molar-refractivity contribution in [2.75, 3.05) is 27.9 Å². The molecule has 0 aliphatic rings. The number of H-pyrrole nitrogens is 1. The SMILES string of the molecule is COc1cc(OC)c(C(=O)OCCCn2c(=O)[nH]c3ccccc32)cc1OC. The second-order valence-electron chi connectivity index (χ2n) is 6.00. The number of methoxy groups -OCH3 is 3. The number of aryl methyl sites for hydroxylation is 1. The molecule has 0 spiro atoms. The molecule has 1 N–H and O–H groups in total. The van der Waals surface area contributed by atoms with Crippen molar-refractivity contribution in [1.82, 2.24) is 9.55 Å². The lowest BCUT2D eigenvalue weighted by Crippen LogP contribution is -2.18. The van der Waals surface area contributed by atoms with Crippen LogP contribution in [0.1, 0.15) is 16.8 Å². The second-order valence-corrected chi connectivity index (χ2v) is 6.00. The summed E-state index contributed by atoms with van der Waals surface area (Å²) < 4.78 is 22.7. The van der Waals surface area contributed by atoms with E-state index in [2.05, 4.69) is 4.98 Å². The molecule has 0 aliphatic carbocycles. The van der Waals surface area contributed by atoms with Gasteiger partial charge >= 0.3 is 11.7 Å². The molecule has 0 amide bonds. The van der Waals surface area contributed by atoms with Crippen LogP contribution in [-0.2, 0) is 11.3 Å². The number of aromatic amines is 1. The zero-order valence-corrected chi connectivity index (χ0v) is 16.0. The summed E-state index contributed by atoms with van der Waals surface area (Å²) in [5.41, 5.74) is 1.65. The Bertz CT molecular complexity index is 1040. The van der Waals surface area contributed by atoms with Crippen LogP contribution in [0.5, 0.6) is 17.2 Å². The first-order chi connectivity index (χ1) is 13.6. The summed E-state index contributed by atoms with van der Waals surface area (Å²) in [4.78, 5) is 27.3. The first-order valence-electron chi connectivity index (χ1n) is 8.73. The van der Waals surface area contributed by atoms with Crippen molar-refractivity contribution >= 4 is 17.0 Å². The lowest BCUT2D eigenvalue weighted by molar-refractivity contribution is 0.0492. The summed E-state index contributed by atoms with van der Waals surface area (Å²) in [6, 6.07) is 10.5. The van der Waals surface area contributed by atoms with Gasteiger partial charge in [0, 0.05) is 18.7 Å². The highest BCUT2D eigenvalue weighted by Crippen LogP contribution is 2.34. The molecule has 2 aromatic carbocycles. The Morgan fingerprint density at radius 1 is 1.00 bits per heavy atom. The van der Waals surface area contributed by atoms with Gasteiger partial charge in [-0.25, -0.2) is 9.59 Å². The fourth-order valence-electron chi connectivity index (χ4n) is 2.98. The van der Waals surface area contributed by atoms with Crippen LogP contribution in [0.4, 0.5) is 0 Å². The number of fused-ring (bicyclic) bond motifs is 1. The Morgan fingerprint density at radius 2 is 1.68 bits per heavy atom. The van der Waals surface area contributed by atoms with Gasteiger partial charge in [0.2, 0.25) is 0 Å². The molecule has 0 unspecified atom stereocenters. The third-order valence-corrected chi connectivity index (χ3v) is 4.37. The first-order valence-corrected chi connectivity index (χ1v) is 8.73. The van der Waals surface area contributed by atoms with Crippen molar-refractivity contribution in [3.8, 4) is 17.2 Å². The molecule has 0 fully saturated rings. The minimum atomic E-state index is -0.538. The molecule has 0 atom stereocenters. The molecule has 1 aromatic heterocycles. The Balaban J connectivity index is 1.66. The predicted octanol–water partition coefficient (Wildman–Crippen LogP) is 2.60. The number of rotatable bonds is 8. The van der Waals surface area contributed by atoms with Crippen LogP contribution >= 0.6 is 0 Å². The highest BCUT2D eigenvalue weighted by atomic mass is 16.5. The summed E-state index contributed by atoms with van der Waals surface area (Å²) in [6.07, 6.45) is 0.489. The fraction of sp³-hybridized carbons (Fsp3) is 0.300. The number of aromatic nitrogens is 2. The van der Waals surface area contributed by atoms with Crippen molar-refractivity contribution in [3.05, 3.63) is 52.4 Å². The summed E-state index contributed by atoms with van der Waals surface area (Å²) >= 11 is 0. The van der Waals surface area contributed by atoms with Crippen molar-refractivity contribution in [1.29, 1.82) is 0 Å². The Morgan fingerprint density at radius 3 is 2.39 bits per heavy atom. The van der Waals surface area contributed by atoms with E-state index in [9.17, 15) is 9.59 Å².